The normalized spacial score (nSPS) is 12.2. The van der Waals surface area contributed by atoms with Crippen molar-refractivity contribution in [3.63, 3.8) is 0 Å². The second kappa shape index (κ2) is 4.27. The molecule has 0 unspecified atom stereocenters. The van der Waals surface area contributed by atoms with Gasteiger partial charge >= 0.3 is 113 Å². The van der Waals surface area contributed by atoms with E-state index in [1.54, 1.807) is 3.58 Å². The van der Waals surface area contributed by atoms with Gasteiger partial charge in [-0.3, -0.25) is 0 Å². The molecule has 0 radical (unpaired) electrons. The molecule has 3 aromatic carbocycles. The Hall–Kier alpha value is -1.02. The van der Waals surface area contributed by atoms with E-state index in [4.69, 9.17) is 0 Å². The van der Waals surface area contributed by atoms with Gasteiger partial charge in [0.2, 0.25) is 0 Å². The molecule has 0 saturated heterocycles. The van der Waals surface area contributed by atoms with Crippen LogP contribution in [0.4, 0.5) is 0 Å². The van der Waals surface area contributed by atoms with Crippen LogP contribution in [0, 0.1) is 0 Å². The van der Waals surface area contributed by atoms with Crippen molar-refractivity contribution in [2.45, 2.75) is 14.8 Å². The Morgan fingerprint density at radius 3 is 1.89 bits per heavy atom. The van der Waals surface area contributed by atoms with Crippen LogP contribution in [0.3, 0.4) is 0 Å². The molecule has 0 heterocycles. The van der Waals surface area contributed by atoms with Gasteiger partial charge in [-0.2, -0.15) is 0 Å². The van der Waals surface area contributed by atoms with E-state index in [1.807, 2.05) is 0 Å². The Morgan fingerprint density at radius 1 is 0.667 bits per heavy atom. The summed E-state index contributed by atoms with van der Waals surface area (Å²) >= 11 is -2.08. The second-order valence-corrected chi connectivity index (χ2v) is 20.3. The number of hydrogen-bond donors (Lipinski definition) is 0. The summed E-state index contributed by atoms with van der Waals surface area (Å²) in [5, 5.41) is 5.65. The Morgan fingerprint density at radius 2 is 1.22 bits per heavy atom. The van der Waals surface area contributed by atoms with Crippen LogP contribution in [0.2, 0.25) is 14.8 Å². The van der Waals surface area contributed by atoms with Gasteiger partial charge in [-0.1, -0.05) is 0 Å². The molecule has 0 spiro atoms. The predicted octanol–water partition coefficient (Wildman–Crippen LogP) is 4.54. The molecule has 0 aliphatic heterocycles. The van der Waals surface area contributed by atoms with Crippen molar-refractivity contribution in [2.75, 3.05) is 0 Å². The molecular formula is C17H18Sn. The topological polar surface area (TPSA) is 0 Å². The van der Waals surface area contributed by atoms with Crippen molar-refractivity contribution >= 4 is 43.5 Å². The molecule has 0 nitrogen and oxygen atoms in total. The molecular weight excluding hydrogens is 323 g/mol. The summed E-state index contributed by atoms with van der Waals surface area (Å²) in [4.78, 5) is 7.47. The van der Waals surface area contributed by atoms with E-state index in [-0.39, 0.29) is 0 Å². The third-order valence-electron chi connectivity index (χ3n) is 3.58. The number of rotatable bonds is 1. The first-order valence-corrected chi connectivity index (χ1v) is 16.5. The molecule has 0 aliphatic rings. The van der Waals surface area contributed by atoms with Crippen LogP contribution >= 0.6 is 0 Å². The van der Waals surface area contributed by atoms with Gasteiger partial charge < -0.3 is 0 Å². The van der Waals surface area contributed by atoms with Crippen LogP contribution in [0.25, 0.3) is 21.5 Å². The maximum atomic E-state index is 2.49. The molecule has 90 valence electrons. The number of benzene rings is 3. The summed E-state index contributed by atoms with van der Waals surface area (Å²) in [7, 11) is 0. The van der Waals surface area contributed by atoms with E-state index in [1.165, 1.54) is 21.5 Å². The Bertz CT molecular complexity index is 720. The first-order chi connectivity index (χ1) is 8.57. The molecule has 0 N–H and O–H groups in total. The molecule has 0 saturated carbocycles. The average Bonchev–Trinajstić information content (AvgIpc) is 2.37. The van der Waals surface area contributed by atoms with Crippen molar-refractivity contribution in [1.29, 1.82) is 0 Å². The summed E-state index contributed by atoms with van der Waals surface area (Å²) in [5.74, 6) is 0. The number of fused-ring (bicyclic) bond motifs is 3. The van der Waals surface area contributed by atoms with Crippen molar-refractivity contribution in [3.05, 3.63) is 54.6 Å². The number of hydrogen-bond acceptors (Lipinski definition) is 0. The fourth-order valence-electron chi connectivity index (χ4n) is 2.67. The molecule has 1 heteroatoms. The van der Waals surface area contributed by atoms with Gasteiger partial charge in [-0.15, -0.1) is 0 Å². The molecule has 0 aromatic heterocycles. The van der Waals surface area contributed by atoms with Crippen LogP contribution in [0.5, 0.6) is 0 Å². The third kappa shape index (κ3) is 1.93. The summed E-state index contributed by atoms with van der Waals surface area (Å²) in [5.41, 5.74) is 0. The van der Waals surface area contributed by atoms with Crippen LogP contribution in [-0.4, -0.2) is 18.4 Å². The first kappa shape index (κ1) is 12.0. The van der Waals surface area contributed by atoms with Crippen LogP contribution in [0.1, 0.15) is 0 Å². The van der Waals surface area contributed by atoms with Gasteiger partial charge in [0.1, 0.15) is 0 Å². The SMILES string of the molecule is [CH3][Sn]([CH3])([CH3])[c]1cc2ccccc2c2ccccc12. The van der Waals surface area contributed by atoms with E-state index in [9.17, 15) is 0 Å². The summed E-state index contributed by atoms with van der Waals surface area (Å²) in [6.45, 7) is 0. The van der Waals surface area contributed by atoms with Gasteiger partial charge in [0.15, 0.2) is 0 Å². The van der Waals surface area contributed by atoms with E-state index < -0.39 is 18.4 Å². The monoisotopic (exact) mass is 342 g/mol. The van der Waals surface area contributed by atoms with Crippen LogP contribution in [-0.2, 0) is 0 Å². The Kier molecular flexibility index (Phi) is 2.85. The molecule has 0 bridgehead atoms. The molecule has 0 amide bonds. The van der Waals surface area contributed by atoms with E-state index in [2.05, 4.69) is 69.4 Å². The molecule has 3 rings (SSSR count). The maximum absolute atomic E-state index is 2.49. The summed E-state index contributed by atoms with van der Waals surface area (Å²) in [6, 6.07) is 20.1. The van der Waals surface area contributed by atoms with E-state index in [0.717, 1.165) is 0 Å². The second-order valence-electron chi connectivity index (χ2n) is 5.94. The van der Waals surface area contributed by atoms with Crippen molar-refractivity contribution < 1.29 is 0 Å². The van der Waals surface area contributed by atoms with E-state index in [0.29, 0.717) is 0 Å². The summed E-state index contributed by atoms with van der Waals surface area (Å²) in [6.07, 6.45) is 0. The standard InChI is InChI=1S/C14H9.3CH3.Sn/c1-3-7-13-11(5-1)9-10-12-6-2-4-8-14(12)13;;;;/h1-9H;3*1H3;. The zero-order valence-electron chi connectivity index (χ0n) is 11.2. The van der Waals surface area contributed by atoms with Crippen LogP contribution < -0.4 is 3.58 Å². The van der Waals surface area contributed by atoms with Crippen molar-refractivity contribution in [2.24, 2.45) is 0 Å². The fraction of sp³-hybridized carbons (Fsp3) is 0.176. The van der Waals surface area contributed by atoms with Crippen LogP contribution in [0.15, 0.2) is 54.6 Å². The fourth-order valence-corrected chi connectivity index (χ4v) is 7.28. The van der Waals surface area contributed by atoms with Gasteiger partial charge in [0.05, 0.1) is 0 Å². The quantitative estimate of drug-likeness (QED) is 0.450. The minimum atomic E-state index is -2.08. The van der Waals surface area contributed by atoms with Gasteiger partial charge in [-0.25, -0.2) is 0 Å². The Labute approximate surface area is 113 Å². The zero-order chi connectivity index (χ0) is 12.8. The average molecular weight is 341 g/mol. The molecule has 0 atom stereocenters. The summed E-state index contributed by atoms with van der Waals surface area (Å²) < 4.78 is 1.64. The molecule has 0 fully saturated rings. The molecule has 0 aliphatic carbocycles. The van der Waals surface area contributed by atoms with Gasteiger partial charge in [-0.05, 0) is 0 Å². The predicted molar refractivity (Wildman–Crippen MR) is 84.4 cm³/mol. The van der Waals surface area contributed by atoms with Gasteiger partial charge in [0.25, 0.3) is 0 Å². The van der Waals surface area contributed by atoms with Crippen molar-refractivity contribution in [3.8, 4) is 0 Å². The van der Waals surface area contributed by atoms with Crippen molar-refractivity contribution in [1.82, 2.24) is 0 Å². The first-order valence-electron chi connectivity index (χ1n) is 6.48. The molecule has 18 heavy (non-hydrogen) atoms. The molecule has 3 aromatic rings. The Balaban J connectivity index is 2.55. The minimum absolute atomic E-state index is 1.38. The van der Waals surface area contributed by atoms with E-state index >= 15 is 0 Å². The third-order valence-corrected chi connectivity index (χ3v) is 9.37. The van der Waals surface area contributed by atoms with Gasteiger partial charge in [0, 0.05) is 0 Å². The zero-order valence-corrected chi connectivity index (χ0v) is 14.1.